The fourth-order valence-electron chi connectivity index (χ4n) is 0.435. The van der Waals surface area contributed by atoms with Gasteiger partial charge in [0.1, 0.15) is 5.71 Å². The smallest absolute Gasteiger partial charge is 0.298 e. The Balaban J connectivity index is 4.62. The second-order valence-electron chi connectivity index (χ2n) is 1.73. The third-order valence-corrected chi connectivity index (χ3v) is 1.01. The molecule has 0 aromatic heterocycles. The van der Waals surface area contributed by atoms with Gasteiger partial charge >= 0.3 is 6.18 Å². The molecule has 0 aromatic carbocycles. The molecule has 0 saturated carbocycles. The van der Waals surface area contributed by atoms with E-state index in [4.69, 9.17) is 5.41 Å². The molecule has 0 atom stereocenters. The van der Waals surface area contributed by atoms with Crippen LogP contribution >= 0.6 is 0 Å². The molecule has 0 aliphatic carbocycles. The van der Waals surface area contributed by atoms with E-state index >= 15 is 0 Å². The van der Waals surface area contributed by atoms with E-state index < -0.39 is 17.5 Å². The molecule has 0 aliphatic rings. The molecule has 0 unspecified atom stereocenters. The van der Waals surface area contributed by atoms with Gasteiger partial charge in [-0.25, -0.2) is 0 Å². The van der Waals surface area contributed by atoms with Crippen LogP contribution in [0, 0.1) is 5.41 Å². The van der Waals surface area contributed by atoms with Crippen molar-refractivity contribution in [2.75, 3.05) is 0 Å². The van der Waals surface area contributed by atoms with E-state index in [1.54, 1.807) is 0 Å². The van der Waals surface area contributed by atoms with E-state index in [0.29, 0.717) is 0 Å². The minimum atomic E-state index is -4.73. The number of aldehydes is 1. The van der Waals surface area contributed by atoms with Crippen molar-refractivity contribution in [3.63, 3.8) is 0 Å². The highest BCUT2D eigenvalue weighted by Gasteiger charge is 2.36. The molecule has 0 saturated heterocycles. The van der Waals surface area contributed by atoms with Gasteiger partial charge in [0.05, 0.1) is 0 Å². The van der Waals surface area contributed by atoms with Crippen LogP contribution in [0.1, 0.15) is 6.92 Å². The molecule has 0 rings (SSSR count). The predicted octanol–water partition coefficient (Wildman–Crippen LogP) is 1.71. The number of rotatable bonds is 2. The molecular formula is C6H6F3NO. The lowest BCUT2D eigenvalue weighted by Gasteiger charge is -2.05. The van der Waals surface area contributed by atoms with E-state index in [1.807, 2.05) is 0 Å². The van der Waals surface area contributed by atoms with Gasteiger partial charge in [-0.05, 0) is 6.92 Å². The van der Waals surface area contributed by atoms with E-state index in [9.17, 15) is 18.0 Å². The molecule has 2 nitrogen and oxygen atoms in total. The molecule has 0 spiro atoms. The van der Waals surface area contributed by atoms with E-state index in [0.717, 1.165) is 6.08 Å². The van der Waals surface area contributed by atoms with Crippen LogP contribution in [0.25, 0.3) is 0 Å². The van der Waals surface area contributed by atoms with E-state index in [2.05, 4.69) is 0 Å². The van der Waals surface area contributed by atoms with Gasteiger partial charge in [0.2, 0.25) is 0 Å². The van der Waals surface area contributed by atoms with Crippen molar-refractivity contribution in [3.8, 4) is 0 Å². The van der Waals surface area contributed by atoms with Crippen LogP contribution in [0.15, 0.2) is 11.6 Å². The first-order valence-corrected chi connectivity index (χ1v) is 2.71. The fourth-order valence-corrected chi connectivity index (χ4v) is 0.435. The highest BCUT2D eigenvalue weighted by Crippen LogP contribution is 2.19. The van der Waals surface area contributed by atoms with Gasteiger partial charge in [0.15, 0.2) is 6.29 Å². The van der Waals surface area contributed by atoms with Gasteiger partial charge in [-0.15, -0.1) is 0 Å². The van der Waals surface area contributed by atoms with E-state index in [1.165, 1.54) is 6.92 Å². The lowest BCUT2D eigenvalue weighted by molar-refractivity contribution is -0.105. The van der Waals surface area contributed by atoms with Crippen LogP contribution in [-0.2, 0) is 4.79 Å². The highest BCUT2D eigenvalue weighted by molar-refractivity contribution is 6.15. The Morgan fingerprint density at radius 2 is 1.91 bits per heavy atom. The van der Waals surface area contributed by atoms with Crippen molar-refractivity contribution in [2.24, 2.45) is 0 Å². The van der Waals surface area contributed by atoms with Crippen LogP contribution in [0.4, 0.5) is 13.2 Å². The van der Waals surface area contributed by atoms with Gasteiger partial charge in [-0.1, -0.05) is 6.08 Å². The number of hydrogen-bond donors (Lipinski definition) is 1. The summed E-state index contributed by atoms with van der Waals surface area (Å²) in [4.78, 5) is 9.92. The Bertz CT molecular complexity index is 204. The minimum Gasteiger partial charge on any atom is -0.298 e. The van der Waals surface area contributed by atoms with Crippen molar-refractivity contribution < 1.29 is 18.0 Å². The summed E-state index contributed by atoms with van der Waals surface area (Å²) < 4.78 is 34.9. The third kappa shape index (κ3) is 2.53. The molecule has 0 fully saturated rings. The molecule has 0 bridgehead atoms. The Morgan fingerprint density at radius 3 is 2.00 bits per heavy atom. The minimum absolute atomic E-state index is 0.00975. The maximum atomic E-state index is 11.6. The molecule has 0 amide bonds. The molecule has 11 heavy (non-hydrogen) atoms. The van der Waals surface area contributed by atoms with Crippen molar-refractivity contribution in [2.45, 2.75) is 13.1 Å². The fraction of sp³-hybridized carbons (Fsp3) is 0.333. The Hall–Kier alpha value is -1.13. The van der Waals surface area contributed by atoms with Crippen LogP contribution in [-0.4, -0.2) is 18.2 Å². The predicted molar refractivity (Wildman–Crippen MR) is 33.6 cm³/mol. The van der Waals surface area contributed by atoms with Gasteiger partial charge in [-0.2, -0.15) is 13.2 Å². The Labute approximate surface area is 61.2 Å². The normalized spacial score (nSPS) is 12.9. The summed E-state index contributed by atoms with van der Waals surface area (Å²) in [5.41, 5.74) is -2.24. The summed E-state index contributed by atoms with van der Waals surface area (Å²) in [5.74, 6) is 0. The number of carbonyl (C=O) groups excluding carboxylic acids is 1. The summed E-state index contributed by atoms with van der Waals surface area (Å²) in [6.45, 7) is 1.27. The SMILES string of the molecule is C/C=C(/C=O)C(=N)C(F)(F)F. The first-order chi connectivity index (χ1) is 4.93. The molecule has 0 aromatic rings. The van der Waals surface area contributed by atoms with Crippen molar-refractivity contribution in [3.05, 3.63) is 11.6 Å². The Kier molecular flexibility index (Phi) is 2.98. The maximum absolute atomic E-state index is 11.6. The van der Waals surface area contributed by atoms with Gasteiger partial charge < -0.3 is 0 Å². The first-order valence-electron chi connectivity index (χ1n) is 2.71. The van der Waals surface area contributed by atoms with Crippen molar-refractivity contribution >= 4 is 12.0 Å². The molecule has 1 N–H and O–H groups in total. The van der Waals surface area contributed by atoms with E-state index in [-0.39, 0.29) is 6.29 Å². The summed E-state index contributed by atoms with van der Waals surface area (Å²) in [5, 5.41) is 6.47. The number of carbonyl (C=O) groups is 1. The zero-order valence-corrected chi connectivity index (χ0v) is 5.70. The molecular weight excluding hydrogens is 159 g/mol. The molecule has 62 valence electrons. The third-order valence-electron chi connectivity index (χ3n) is 1.01. The average Bonchev–Trinajstić information content (AvgIpc) is 1.88. The standard InChI is InChI=1S/C6H6F3NO/c1-2-4(3-11)5(10)6(7,8)9/h2-3,10H,1H3/b4-2-,10-5?. The van der Waals surface area contributed by atoms with Crippen LogP contribution < -0.4 is 0 Å². The van der Waals surface area contributed by atoms with Gasteiger partial charge in [0.25, 0.3) is 0 Å². The molecule has 0 heterocycles. The van der Waals surface area contributed by atoms with Crippen LogP contribution in [0.2, 0.25) is 0 Å². The van der Waals surface area contributed by atoms with Gasteiger partial charge in [-0.3, -0.25) is 10.2 Å². The summed E-state index contributed by atoms with van der Waals surface area (Å²) in [7, 11) is 0. The molecule has 5 heteroatoms. The zero-order valence-electron chi connectivity index (χ0n) is 5.70. The number of nitrogens with one attached hydrogen (secondary N) is 1. The van der Waals surface area contributed by atoms with Crippen molar-refractivity contribution in [1.82, 2.24) is 0 Å². The number of alkyl halides is 3. The first kappa shape index (κ1) is 9.87. The number of halogens is 3. The number of allylic oxidation sites excluding steroid dienone is 2. The monoisotopic (exact) mass is 165 g/mol. The highest BCUT2D eigenvalue weighted by atomic mass is 19.4. The summed E-state index contributed by atoms with van der Waals surface area (Å²) >= 11 is 0. The second-order valence-corrected chi connectivity index (χ2v) is 1.73. The Morgan fingerprint density at radius 1 is 1.45 bits per heavy atom. The molecule has 0 aliphatic heterocycles. The second kappa shape index (κ2) is 3.32. The summed E-state index contributed by atoms with van der Waals surface area (Å²) in [6.07, 6.45) is -3.78. The average molecular weight is 165 g/mol. The van der Waals surface area contributed by atoms with Crippen LogP contribution in [0.5, 0.6) is 0 Å². The van der Waals surface area contributed by atoms with Crippen LogP contribution in [0.3, 0.4) is 0 Å². The lowest BCUT2D eigenvalue weighted by Crippen LogP contribution is -2.24. The topological polar surface area (TPSA) is 40.9 Å². The summed E-state index contributed by atoms with van der Waals surface area (Å²) in [6, 6.07) is 0. The largest absolute Gasteiger partial charge is 0.433 e. The lowest BCUT2D eigenvalue weighted by atomic mass is 10.1. The zero-order chi connectivity index (χ0) is 9.07. The molecule has 0 radical (unpaired) electrons. The van der Waals surface area contributed by atoms with Crippen molar-refractivity contribution in [1.29, 1.82) is 5.41 Å². The quantitative estimate of drug-likeness (QED) is 0.377. The number of hydrogen-bond acceptors (Lipinski definition) is 2. The maximum Gasteiger partial charge on any atom is 0.433 e. The van der Waals surface area contributed by atoms with Gasteiger partial charge in [0, 0.05) is 5.57 Å².